The summed E-state index contributed by atoms with van der Waals surface area (Å²) in [6.07, 6.45) is 22.1. The first-order valence-electron chi connectivity index (χ1n) is 35.3. The summed E-state index contributed by atoms with van der Waals surface area (Å²) in [4.78, 5) is 132. The zero-order chi connectivity index (χ0) is 79.1. The van der Waals surface area contributed by atoms with Crippen LogP contribution in [0.3, 0.4) is 0 Å². The van der Waals surface area contributed by atoms with E-state index in [9.17, 15) is 100 Å². The molecule has 0 saturated carbocycles. The van der Waals surface area contributed by atoms with E-state index in [1.807, 2.05) is 0 Å². The van der Waals surface area contributed by atoms with E-state index in [0.717, 1.165) is 84.9 Å². The van der Waals surface area contributed by atoms with Gasteiger partial charge in [0.25, 0.3) is 69.1 Å². The Morgan fingerprint density at radius 3 is 0.519 bits per heavy atom. The van der Waals surface area contributed by atoms with Gasteiger partial charge in [-0.25, -0.2) is 0 Å². The summed E-state index contributed by atoms with van der Waals surface area (Å²) in [6, 6.07) is 20.2. The summed E-state index contributed by atoms with van der Waals surface area (Å²) in [5, 5.41) is 97.3. The standard InChI is InChI=1S/2C20H12N6O10.2C16H36N.2FH/c2*27-19(21-13-5-15(23(29)30)9-16(6-13)24(31)32)11-2-1-3-12(4-11)20(28)22-14-7-17(25(33)34)10-18(8-14)26(35)36;2*1-5-9-13-17(14-10-6-2,15-11-7-3)16-12-8-4;;/h2*1-10H,(H,21,27)(H,22,28);2*5-16H2,1-4H3;2*1H/q;;2*+1;;/p-2. The van der Waals surface area contributed by atoms with E-state index in [-0.39, 0.29) is 54.4 Å². The fraction of sp³-hybridized carbons (Fsp3) is 0.444. The van der Waals surface area contributed by atoms with Crippen molar-refractivity contribution >= 4 is 91.9 Å². The van der Waals surface area contributed by atoms with Gasteiger partial charge < -0.3 is 39.6 Å². The number of quaternary nitrogens is 2. The van der Waals surface area contributed by atoms with Gasteiger partial charge in [-0.2, -0.15) is 0 Å². The van der Waals surface area contributed by atoms with Crippen LogP contribution in [0.25, 0.3) is 0 Å². The summed E-state index contributed by atoms with van der Waals surface area (Å²) in [5.41, 5.74) is -6.39. The number of non-ortho nitro benzene ring substituents is 8. The molecule has 0 radical (unpaired) electrons. The highest BCUT2D eigenvalue weighted by Crippen LogP contribution is 2.31. The van der Waals surface area contributed by atoms with Gasteiger partial charge >= 0.3 is 0 Å². The Morgan fingerprint density at radius 2 is 0.398 bits per heavy atom. The molecule has 0 spiro atoms. The van der Waals surface area contributed by atoms with E-state index in [1.165, 1.54) is 200 Å². The zero-order valence-corrected chi connectivity index (χ0v) is 61.9. The second kappa shape index (κ2) is 48.3. The van der Waals surface area contributed by atoms with Crippen molar-refractivity contribution in [3.8, 4) is 0 Å². The van der Waals surface area contributed by atoms with Crippen LogP contribution in [-0.2, 0) is 0 Å². The summed E-state index contributed by atoms with van der Waals surface area (Å²) >= 11 is 0. The van der Waals surface area contributed by atoms with Gasteiger partial charge in [0, 0.05) is 70.8 Å². The van der Waals surface area contributed by atoms with Crippen LogP contribution in [0.5, 0.6) is 0 Å². The molecular weight excluding hydrogens is 1420 g/mol. The third kappa shape index (κ3) is 31.9. The zero-order valence-electron chi connectivity index (χ0n) is 61.9. The number of carbonyl (C=O) groups excluding carboxylic acids is 4. The number of unbranched alkanes of at least 4 members (excludes halogenated alkanes) is 8. The van der Waals surface area contributed by atoms with Crippen LogP contribution < -0.4 is 30.7 Å². The molecule has 0 unspecified atom stereocenters. The molecule has 0 heterocycles. The van der Waals surface area contributed by atoms with Crippen LogP contribution in [0.2, 0.25) is 0 Å². The first-order valence-corrected chi connectivity index (χ1v) is 35.3. The van der Waals surface area contributed by atoms with Crippen molar-refractivity contribution in [2.75, 3.05) is 73.6 Å². The minimum absolute atomic E-state index is 0. The Hall–Kier alpha value is -11.8. The van der Waals surface area contributed by atoms with Crippen molar-refractivity contribution in [2.45, 2.75) is 158 Å². The normalized spacial score (nSPS) is 10.6. The number of halogens is 2. The first kappa shape index (κ1) is 94.2. The van der Waals surface area contributed by atoms with E-state index < -0.39 is 109 Å². The van der Waals surface area contributed by atoms with Crippen molar-refractivity contribution in [3.05, 3.63) is 224 Å². The predicted octanol–water partition coefficient (Wildman–Crippen LogP) is 11.7. The molecule has 6 aromatic carbocycles. The van der Waals surface area contributed by atoms with Gasteiger partial charge in [-0.05, 0) is 87.8 Å². The molecule has 588 valence electrons. The molecule has 6 aromatic rings. The number of hydrogen-bond acceptors (Lipinski definition) is 20. The third-order valence-electron chi connectivity index (χ3n) is 17.0. The van der Waals surface area contributed by atoms with Crippen LogP contribution in [0.15, 0.2) is 121 Å². The molecule has 0 aliphatic heterocycles. The molecular formula is C72H96F2N14O20. The van der Waals surface area contributed by atoms with Gasteiger partial charge in [-0.3, -0.25) is 100 Å². The van der Waals surface area contributed by atoms with Crippen LogP contribution in [0.4, 0.5) is 68.2 Å². The van der Waals surface area contributed by atoms with Crippen molar-refractivity contribution in [1.82, 2.24) is 0 Å². The number of nitro groups is 8. The highest BCUT2D eigenvalue weighted by molar-refractivity contribution is 6.10. The lowest BCUT2D eigenvalue weighted by molar-refractivity contribution is -0.929. The van der Waals surface area contributed by atoms with Gasteiger partial charge in [0.15, 0.2) is 0 Å². The van der Waals surface area contributed by atoms with E-state index in [2.05, 4.69) is 76.7 Å². The number of amides is 4. The van der Waals surface area contributed by atoms with Gasteiger partial charge in [-0.15, -0.1) is 0 Å². The Morgan fingerprint density at radius 1 is 0.259 bits per heavy atom. The lowest BCUT2D eigenvalue weighted by atomic mass is 10.1. The molecule has 0 aromatic heterocycles. The Labute approximate surface area is 622 Å². The molecule has 0 atom stereocenters. The van der Waals surface area contributed by atoms with Crippen LogP contribution in [0, 0.1) is 80.9 Å². The Balaban J connectivity index is 0.000000760. The number of rotatable bonds is 40. The number of anilines is 4. The minimum Gasteiger partial charge on any atom is -1.00 e. The first-order chi connectivity index (χ1) is 50.4. The molecule has 0 aliphatic rings. The summed E-state index contributed by atoms with van der Waals surface area (Å²) < 4.78 is 2.84. The molecule has 36 heteroatoms. The van der Waals surface area contributed by atoms with Crippen molar-refractivity contribution in [1.29, 1.82) is 0 Å². The van der Waals surface area contributed by atoms with Crippen LogP contribution in [0.1, 0.15) is 200 Å². The molecule has 6 rings (SSSR count). The Kier molecular flexibility index (Phi) is 42.1. The second-order valence-electron chi connectivity index (χ2n) is 25.3. The average Bonchev–Trinajstić information content (AvgIpc) is 0.834. The average molecular weight is 1520 g/mol. The summed E-state index contributed by atoms with van der Waals surface area (Å²) in [5.74, 6) is -3.42. The molecule has 34 nitrogen and oxygen atoms in total. The van der Waals surface area contributed by atoms with Crippen molar-refractivity contribution < 1.29 is 76.9 Å². The van der Waals surface area contributed by atoms with Gasteiger partial charge in [-0.1, -0.05) is 119 Å². The molecule has 108 heavy (non-hydrogen) atoms. The fourth-order valence-corrected chi connectivity index (χ4v) is 11.2. The van der Waals surface area contributed by atoms with Crippen LogP contribution >= 0.6 is 0 Å². The monoisotopic (exact) mass is 1510 g/mol. The topological polar surface area (TPSA) is 462 Å². The van der Waals surface area contributed by atoms with Gasteiger partial charge in [0.05, 0.1) is 139 Å². The van der Waals surface area contributed by atoms with Crippen LogP contribution in [-0.4, -0.2) is 124 Å². The smallest absolute Gasteiger partial charge is 0.278 e. The molecule has 4 N–H and O–H groups in total. The number of nitro benzene ring substituents is 8. The highest BCUT2D eigenvalue weighted by atomic mass is 19.0. The second-order valence-corrected chi connectivity index (χ2v) is 25.3. The maximum absolute atomic E-state index is 12.6. The largest absolute Gasteiger partial charge is 1.00 e. The highest BCUT2D eigenvalue weighted by Gasteiger charge is 2.28. The number of hydrogen-bond donors (Lipinski definition) is 4. The number of nitrogens with zero attached hydrogens (tertiary/aromatic N) is 10. The fourth-order valence-electron chi connectivity index (χ4n) is 11.2. The van der Waals surface area contributed by atoms with E-state index in [1.54, 1.807) is 0 Å². The van der Waals surface area contributed by atoms with Gasteiger partial charge in [0.2, 0.25) is 0 Å². The van der Waals surface area contributed by atoms with Crippen molar-refractivity contribution in [3.63, 3.8) is 0 Å². The minimum atomic E-state index is -0.869. The van der Waals surface area contributed by atoms with E-state index in [0.29, 0.717) is 0 Å². The summed E-state index contributed by atoms with van der Waals surface area (Å²) in [7, 11) is 0. The molecule has 0 bridgehead atoms. The number of benzene rings is 6. The number of carbonyl (C=O) groups is 4. The number of nitrogens with one attached hydrogen (secondary N) is 4. The van der Waals surface area contributed by atoms with Crippen molar-refractivity contribution in [2.24, 2.45) is 0 Å². The summed E-state index contributed by atoms with van der Waals surface area (Å²) in [6.45, 7) is 30.0. The maximum Gasteiger partial charge on any atom is 0.278 e. The quantitative estimate of drug-likeness (QED) is 0.0158. The maximum atomic E-state index is 12.6. The third-order valence-corrected chi connectivity index (χ3v) is 17.0. The van der Waals surface area contributed by atoms with E-state index >= 15 is 0 Å². The van der Waals surface area contributed by atoms with E-state index in [4.69, 9.17) is 0 Å². The SMILES string of the molecule is CCCC[N+](CCCC)(CCCC)CCCC.CCCC[N+](CCCC)(CCCC)CCCC.O=C(Nc1cc([N+](=O)[O-])cc([N+](=O)[O-])c1)c1cccc(C(=O)Nc2cc([N+](=O)[O-])cc([N+](=O)[O-])c2)c1.O=C(Nc1cc([N+](=O)[O-])cc([N+](=O)[O-])c1)c1cccc(C(=O)Nc2cc([N+](=O)[O-])cc([N+](=O)[O-])c2)c1.[F-].[F-]. The Bertz CT molecular complexity index is 3390. The molecule has 4 amide bonds. The lowest BCUT2D eigenvalue weighted by Crippen LogP contribution is -3.00. The predicted molar refractivity (Wildman–Crippen MR) is 402 cm³/mol. The van der Waals surface area contributed by atoms with Gasteiger partial charge in [0.1, 0.15) is 0 Å². The molecule has 0 aliphatic carbocycles. The molecule has 0 saturated heterocycles. The molecule has 0 fully saturated rings. The lowest BCUT2D eigenvalue weighted by Gasteiger charge is -2.39.